The lowest BCUT2D eigenvalue weighted by Gasteiger charge is -2.17. The van der Waals surface area contributed by atoms with Crippen LogP contribution in [0.15, 0.2) is 34.7 Å². The second kappa shape index (κ2) is 7.77. The quantitative estimate of drug-likeness (QED) is 0.748. The molecule has 0 atom stereocenters. The van der Waals surface area contributed by atoms with E-state index in [4.69, 9.17) is 4.42 Å². The highest BCUT2D eigenvalue weighted by Gasteiger charge is 2.07. The highest BCUT2D eigenvalue weighted by molar-refractivity contribution is 5.51. The molecule has 0 aliphatic carbocycles. The summed E-state index contributed by atoms with van der Waals surface area (Å²) >= 11 is 0. The molecular weight excluding hydrogens is 252 g/mol. The van der Waals surface area contributed by atoms with Crippen LogP contribution in [-0.2, 0) is 6.54 Å². The number of rotatable bonds is 8. The van der Waals surface area contributed by atoms with Crippen LogP contribution in [0.3, 0.4) is 0 Å². The summed E-state index contributed by atoms with van der Waals surface area (Å²) in [6, 6.07) is 9.81. The molecule has 0 aliphatic rings. The Labute approximate surface area is 120 Å². The first-order valence-electron chi connectivity index (χ1n) is 7.14. The van der Waals surface area contributed by atoms with Crippen molar-refractivity contribution in [3.8, 4) is 11.5 Å². The Morgan fingerprint density at radius 2 is 1.85 bits per heavy atom. The second-order valence-electron chi connectivity index (χ2n) is 4.57. The molecule has 1 N–H and O–H groups in total. The molecule has 2 aromatic rings. The lowest BCUT2D eigenvalue weighted by molar-refractivity contribution is 0.300. The standard InChI is InChI=1S/C15H22N4O/c1-3-19(4-2)11-10-16-12-14-17-18-15(20-14)13-8-6-5-7-9-13/h5-9,16H,3-4,10-12H2,1-2H3. The van der Waals surface area contributed by atoms with E-state index in [2.05, 4.69) is 34.3 Å². The molecule has 0 unspecified atom stereocenters. The van der Waals surface area contributed by atoms with Crippen LogP contribution in [0.2, 0.25) is 0 Å². The minimum Gasteiger partial charge on any atom is -0.419 e. The van der Waals surface area contributed by atoms with Gasteiger partial charge in [-0.05, 0) is 25.2 Å². The number of hydrogen-bond acceptors (Lipinski definition) is 5. The Bertz CT molecular complexity index is 494. The van der Waals surface area contributed by atoms with Gasteiger partial charge in [0, 0.05) is 18.7 Å². The van der Waals surface area contributed by atoms with Crippen molar-refractivity contribution in [3.63, 3.8) is 0 Å². The van der Waals surface area contributed by atoms with Gasteiger partial charge in [0.2, 0.25) is 11.8 Å². The van der Waals surface area contributed by atoms with Gasteiger partial charge in [-0.2, -0.15) is 0 Å². The van der Waals surface area contributed by atoms with Crippen molar-refractivity contribution in [2.75, 3.05) is 26.2 Å². The molecule has 108 valence electrons. The minimum absolute atomic E-state index is 0.575. The smallest absolute Gasteiger partial charge is 0.247 e. The Morgan fingerprint density at radius 1 is 1.10 bits per heavy atom. The zero-order chi connectivity index (χ0) is 14.2. The maximum atomic E-state index is 5.63. The highest BCUT2D eigenvalue weighted by Crippen LogP contribution is 2.16. The number of aromatic nitrogens is 2. The van der Waals surface area contributed by atoms with Crippen molar-refractivity contribution < 1.29 is 4.42 Å². The Balaban J connectivity index is 1.79. The average Bonchev–Trinajstić information content (AvgIpc) is 2.97. The Hall–Kier alpha value is -1.72. The second-order valence-corrected chi connectivity index (χ2v) is 4.57. The summed E-state index contributed by atoms with van der Waals surface area (Å²) in [6.07, 6.45) is 0. The van der Waals surface area contributed by atoms with E-state index in [0.29, 0.717) is 18.3 Å². The lowest BCUT2D eigenvalue weighted by Crippen LogP contribution is -2.31. The third-order valence-corrected chi connectivity index (χ3v) is 3.26. The van der Waals surface area contributed by atoms with E-state index < -0.39 is 0 Å². The van der Waals surface area contributed by atoms with Gasteiger partial charge in [0.25, 0.3) is 0 Å². The third-order valence-electron chi connectivity index (χ3n) is 3.26. The van der Waals surface area contributed by atoms with Crippen molar-refractivity contribution in [1.29, 1.82) is 0 Å². The molecule has 1 aromatic carbocycles. The molecule has 0 amide bonds. The lowest BCUT2D eigenvalue weighted by atomic mass is 10.2. The molecule has 0 saturated carbocycles. The molecule has 0 fully saturated rings. The van der Waals surface area contributed by atoms with Crippen molar-refractivity contribution in [2.24, 2.45) is 0 Å². The minimum atomic E-state index is 0.575. The van der Waals surface area contributed by atoms with Gasteiger partial charge in [-0.25, -0.2) is 0 Å². The van der Waals surface area contributed by atoms with Crippen LogP contribution in [0.4, 0.5) is 0 Å². The molecule has 0 saturated heterocycles. The van der Waals surface area contributed by atoms with E-state index in [0.717, 1.165) is 31.7 Å². The molecule has 1 aromatic heterocycles. The van der Waals surface area contributed by atoms with Gasteiger partial charge in [-0.3, -0.25) is 0 Å². The summed E-state index contributed by atoms with van der Waals surface area (Å²) in [5.74, 6) is 1.20. The van der Waals surface area contributed by atoms with Crippen LogP contribution >= 0.6 is 0 Å². The maximum Gasteiger partial charge on any atom is 0.247 e. The monoisotopic (exact) mass is 274 g/mol. The predicted molar refractivity (Wildman–Crippen MR) is 79.2 cm³/mol. The maximum absolute atomic E-state index is 5.63. The van der Waals surface area contributed by atoms with Gasteiger partial charge in [0.15, 0.2) is 0 Å². The topological polar surface area (TPSA) is 54.2 Å². The summed E-state index contributed by atoms with van der Waals surface area (Å²) in [4.78, 5) is 2.37. The van der Waals surface area contributed by atoms with E-state index in [1.165, 1.54) is 0 Å². The molecule has 5 nitrogen and oxygen atoms in total. The zero-order valence-corrected chi connectivity index (χ0v) is 12.2. The third kappa shape index (κ3) is 4.15. The van der Waals surface area contributed by atoms with Crippen LogP contribution in [0, 0.1) is 0 Å². The fourth-order valence-corrected chi connectivity index (χ4v) is 1.99. The first-order valence-corrected chi connectivity index (χ1v) is 7.14. The fourth-order valence-electron chi connectivity index (χ4n) is 1.99. The van der Waals surface area contributed by atoms with E-state index in [-0.39, 0.29) is 0 Å². The summed E-state index contributed by atoms with van der Waals surface area (Å²) in [5, 5.41) is 11.4. The summed E-state index contributed by atoms with van der Waals surface area (Å²) in [6.45, 7) is 9.08. The van der Waals surface area contributed by atoms with Gasteiger partial charge in [0.1, 0.15) is 0 Å². The van der Waals surface area contributed by atoms with Gasteiger partial charge >= 0.3 is 0 Å². The van der Waals surface area contributed by atoms with Gasteiger partial charge < -0.3 is 14.6 Å². The van der Waals surface area contributed by atoms with Crippen LogP contribution in [0.1, 0.15) is 19.7 Å². The Morgan fingerprint density at radius 3 is 2.55 bits per heavy atom. The summed E-state index contributed by atoms with van der Waals surface area (Å²) in [5.41, 5.74) is 0.953. The number of nitrogens with one attached hydrogen (secondary N) is 1. The molecule has 20 heavy (non-hydrogen) atoms. The van der Waals surface area contributed by atoms with Crippen LogP contribution < -0.4 is 5.32 Å². The zero-order valence-electron chi connectivity index (χ0n) is 12.2. The van der Waals surface area contributed by atoms with Gasteiger partial charge in [-0.1, -0.05) is 32.0 Å². The van der Waals surface area contributed by atoms with E-state index in [1.807, 2.05) is 30.3 Å². The average molecular weight is 274 g/mol. The highest BCUT2D eigenvalue weighted by atomic mass is 16.4. The van der Waals surface area contributed by atoms with Crippen molar-refractivity contribution in [1.82, 2.24) is 20.4 Å². The van der Waals surface area contributed by atoms with Crippen molar-refractivity contribution in [3.05, 3.63) is 36.2 Å². The molecular formula is C15H22N4O. The van der Waals surface area contributed by atoms with Gasteiger partial charge in [-0.15, -0.1) is 10.2 Å². The fraction of sp³-hybridized carbons (Fsp3) is 0.467. The molecule has 5 heteroatoms. The summed E-state index contributed by atoms with van der Waals surface area (Å²) in [7, 11) is 0. The first kappa shape index (κ1) is 14.7. The molecule has 2 rings (SSSR count). The number of benzene rings is 1. The van der Waals surface area contributed by atoms with Crippen LogP contribution in [0.25, 0.3) is 11.5 Å². The largest absolute Gasteiger partial charge is 0.419 e. The molecule has 0 radical (unpaired) electrons. The molecule has 0 aliphatic heterocycles. The molecule has 0 bridgehead atoms. The number of hydrogen-bond donors (Lipinski definition) is 1. The van der Waals surface area contributed by atoms with E-state index in [9.17, 15) is 0 Å². The summed E-state index contributed by atoms with van der Waals surface area (Å²) < 4.78 is 5.63. The number of nitrogens with zero attached hydrogens (tertiary/aromatic N) is 3. The number of likely N-dealkylation sites (N-methyl/N-ethyl adjacent to an activating group) is 1. The van der Waals surface area contributed by atoms with Crippen molar-refractivity contribution in [2.45, 2.75) is 20.4 Å². The van der Waals surface area contributed by atoms with E-state index >= 15 is 0 Å². The van der Waals surface area contributed by atoms with Crippen molar-refractivity contribution >= 4 is 0 Å². The predicted octanol–water partition coefficient (Wildman–Crippen LogP) is 2.17. The van der Waals surface area contributed by atoms with E-state index in [1.54, 1.807) is 0 Å². The first-order chi connectivity index (χ1) is 9.83. The molecule has 1 heterocycles. The normalized spacial score (nSPS) is 11.2. The van der Waals surface area contributed by atoms with Gasteiger partial charge in [0.05, 0.1) is 6.54 Å². The molecule has 0 spiro atoms. The van der Waals surface area contributed by atoms with Crippen LogP contribution in [0.5, 0.6) is 0 Å². The van der Waals surface area contributed by atoms with Crippen LogP contribution in [-0.4, -0.2) is 41.3 Å². The Kier molecular flexibility index (Phi) is 5.70. The SMILES string of the molecule is CCN(CC)CCNCc1nnc(-c2ccccc2)o1.